The molecule has 0 unspecified atom stereocenters. The molecule has 116 valence electrons. The summed E-state index contributed by atoms with van der Waals surface area (Å²) >= 11 is 0. The first-order valence-electron chi connectivity index (χ1n) is 6.23. The fourth-order valence-corrected chi connectivity index (χ4v) is 2.81. The van der Waals surface area contributed by atoms with Gasteiger partial charge in [-0.25, -0.2) is 13.6 Å². The third-order valence-electron chi connectivity index (χ3n) is 3.22. The fourth-order valence-electron chi connectivity index (χ4n) is 2.17. The Morgan fingerprint density at radius 1 is 1.29 bits per heavy atom. The van der Waals surface area contributed by atoms with E-state index in [4.69, 9.17) is 9.88 Å². The van der Waals surface area contributed by atoms with Crippen LogP contribution in [0.1, 0.15) is 11.4 Å². The molecule has 21 heavy (non-hydrogen) atoms. The van der Waals surface area contributed by atoms with Crippen LogP contribution in [0.25, 0.3) is 11.4 Å². The van der Waals surface area contributed by atoms with E-state index in [0.717, 1.165) is 17.0 Å². The molecule has 2 rings (SSSR count). The molecule has 2 N–H and O–H groups in total. The second-order valence-electron chi connectivity index (χ2n) is 4.67. The SMILES string of the molecule is COCCn1c(-c2c(C)nn(C)c2C)nnc1S(N)(=O)=O. The number of aryl methyl sites for hydroxylation is 2. The topological polar surface area (TPSA) is 118 Å². The van der Waals surface area contributed by atoms with Gasteiger partial charge in [-0.2, -0.15) is 5.10 Å². The molecule has 0 saturated heterocycles. The third-order valence-corrected chi connectivity index (χ3v) is 4.03. The number of sulfonamides is 1. The van der Waals surface area contributed by atoms with Gasteiger partial charge in [-0.15, -0.1) is 10.2 Å². The highest BCUT2D eigenvalue weighted by Crippen LogP contribution is 2.26. The number of nitrogens with zero attached hydrogens (tertiary/aromatic N) is 5. The number of hydrogen-bond donors (Lipinski definition) is 1. The van der Waals surface area contributed by atoms with Crippen LogP contribution >= 0.6 is 0 Å². The molecule has 0 fully saturated rings. The Hall–Kier alpha value is -1.78. The Morgan fingerprint density at radius 3 is 2.43 bits per heavy atom. The van der Waals surface area contributed by atoms with Gasteiger partial charge in [-0.1, -0.05) is 0 Å². The summed E-state index contributed by atoms with van der Waals surface area (Å²) in [6, 6.07) is 0. The van der Waals surface area contributed by atoms with Crippen LogP contribution < -0.4 is 5.14 Å². The van der Waals surface area contributed by atoms with Crippen molar-refractivity contribution in [2.24, 2.45) is 12.2 Å². The van der Waals surface area contributed by atoms with E-state index in [2.05, 4.69) is 15.3 Å². The van der Waals surface area contributed by atoms with E-state index in [9.17, 15) is 8.42 Å². The van der Waals surface area contributed by atoms with Crippen molar-refractivity contribution in [1.29, 1.82) is 0 Å². The first kappa shape index (κ1) is 15.6. The molecule has 9 nitrogen and oxygen atoms in total. The molecule has 0 saturated carbocycles. The molecular formula is C11H18N6O3S. The first-order valence-corrected chi connectivity index (χ1v) is 7.77. The molecule has 2 aromatic heterocycles. The van der Waals surface area contributed by atoms with Crippen LogP contribution in [-0.2, 0) is 28.4 Å². The van der Waals surface area contributed by atoms with E-state index in [-0.39, 0.29) is 11.7 Å². The molecule has 0 amide bonds. The normalized spacial score (nSPS) is 12.0. The van der Waals surface area contributed by atoms with Gasteiger partial charge in [-0.05, 0) is 13.8 Å². The summed E-state index contributed by atoms with van der Waals surface area (Å²) in [6.07, 6.45) is 0. The molecular weight excluding hydrogens is 296 g/mol. The van der Waals surface area contributed by atoms with Crippen molar-refractivity contribution in [2.75, 3.05) is 13.7 Å². The standard InChI is InChI=1S/C11H18N6O3S/c1-7-9(8(2)16(3)15-7)10-13-14-11(21(12,18)19)17(10)5-6-20-4/h5-6H2,1-4H3,(H2,12,18,19). The maximum absolute atomic E-state index is 11.6. The molecule has 0 aliphatic rings. The van der Waals surface area contributed by atoms with Crippen LogP contribution in [0.5, 0.6) is 0 Å². The maximum atomic E-state index is 11.6. The van der Waals surface area contributed by atoms with Crippen molar-refractivity contribution in [3.05, 3.63) is 11.4 Å². The number of nitrogens with two attached hydrogens (primary N) is 1. The van der Waals surface area contributed by atoms with Gasteiger partial charge in [0.1, 0.15) is 0 Å². The number of rotatable bonds is 5. The number of primary sulfonamides is 1. The van der Waals surface area contributed by atoms with Gasteiger partial charge in [0.05, 0.1) is 24.4 Å². The summed E-state index contributed by atoms with van der Waals surface area (Å²) in [4.78, 5) is 0. The lowest BCUT2D eigenvalue weighted by Gasteiger charge is -2.09. The Labute approximate surface area is 122 Å². The number of aromatic nitrogens is 5. The third kappa shape index (κ3) is 2.82. The van der Waals surface area contributed by atoms with E-state index < -0.39 is 10.0 Å². The van der Waals surface area contributed by atoms with Crippen molar-refractivity contribution in [3.63, 3.8) is 0 Å². The van der Waals surface area contributed by atoms with Crippen LogP contribution in [0.3, 0.4) is 0 Å². The minimum Gasteiger partial charge on any atom is -0.383 e. The van der Waals surface area contributed by atoms with Gasteiger partial charge in [0.25, 0.3) is 15.2 Å². The van der Waals surface area contributed by atoms with Gasteiger partial charge in [0.15, 0.2) is 5.82 Å². The minimum absolute atomic E-state index is 0.276. The van der Waals surface area contributed by atoms with E-state index in [0.29, 0.717) is 12.4 Å². The lowest BCUT2D eigenvalue weighted by Crippen LogP contribution is -2.20. The minimum atomic E-state index is -3.96. The van der Waals surface area contributed by atoms with Gasteiger partial charge in [0, 0.05) is 19.9 Å². The summed E-state index contributed by atoms with van der Waals surface area (Å²) < 4.78 is 31.4. The van der Waals surface area contributed by atoms with Gasteiger partial charge >= 0.3 is 0 Å². The van der Waals surface area contributed by atoms with Crippen molar-refractivity contribution < 1.29 is 13.2 Å². The molecule has 0 aliphatic heterocycles. The largest absolute Gasteiger partial charge is 0.383 e. The van der Waals surface area contributed by atoms with Crippen LogP contribution in [0.15, 0.2) is 5.16 Å². The van der Waals surface area contributed by atoms with E-state index in [1.165, 1.54) is 11.7 Å². The zero-order chi connectivity index (χ0) is 15.8. The highest BCUT2D eigenvalue weighted by Gasteiger charge is 2.25. The molecule has 0 aliphatic carbocycles. The zero-order valence-corrected chi connectivity index (χ0v) is 13.2. The molecule has 10 heteroatoms. The number of hydrogen-bond acceptors (Lipinski definition) is 6. The Kier molecular flexibility index (Phi) is 4.12. The fraction of sp³-hybridized carbons (Fsp3) is 0.545. The monoisotopic (exact) mass is 314 g/mol. The van der Waals surface area contributed by atoms with E-state index in [1.807, 2.05) is 20.9 Å². The Morgan fingerprint density at radius 2 is 1.95 bits per heavy atom. The Bertz CT molecular complexity index is 761. The number of ether oxygens (including phenoxy) is 1. The van der Waals surface area contributed by atoms with Crippen LogP contribution in [0, 0.1) is 13.8 Å². The lowest BCUT2D eigenvalue weighted by atomic mass is 10.2. The van der Waals surface area contributed by atoms with Crippen molar-refractivity contribution >= 4 is 10.0 Å². The second kappa shape index (κ2) is 5.54. The highest BCUT2D eigenvalue weighted by molar-refractivity contribution is 7.89. The first-order chi connectivity index (χ1) is 9.77. The Balaban J connectivity index is 2.66. The molecule has 0 atom stereocenters. The predicted molar refractivity (Wildman–Crippen MR) is 74.9 cm³/mol. The molecule has 2 heterocycles. The van der Waals surface area contributed by atoms with Crippen molar-refractivity contribution in [3.8, 4) is 11.4 Å². The summed E-state index contributed by atoms with van der Waals surface area (Å²) in [6.45, 7) is 4.29. The molecule has 2 aromatic rings. The summed E-state index contributed by atoms with van der Waals surface area (Å²) in [7, 11) is -0.627. The van der Waals surface area contributed by atoms with Gasteiger partial charge < -0.3 is 4.74 Å². The van der Waals surface area contributed by atoms with E-state index in [1.54, 1.807) is 4.68 Å². The summed E-state index contributed by atoms with van der Waals surface area (Å²) in [5.74, 6) is 0.416. The summed E-state index contributed by atoms with van der Waals surface area (Å²) in [5, 5.41) is 16.9. The van der Waals surface area contributed by atoms with Crippen LogP contribution in [0.2, 0.25) is 0 Å². The zero-order valence-electron chi connectivity index (χ0n) is 12.4. The van der Waals surface area contributed by atoms with Crippen molar-refractivity contribution in [1.82, 2.24) is 24.5 Å². The smallest absolute Gasteiger partial charge is 0.273 e. The average molecular weight is 314 g/mol. The van der Waals surface area contributed by atoms with Gasteiger partial charge in [-0.3, -0.25) is 9.25 Å². The quantitative estimate of drug-likeness (QED) is 0.801. The lowest BCUT2D eigenvalue weighted by molar-refractivity contribution is 0.185. The molecule has 0 bridgehead atoms. The molecule has 0 aromatic carbocycles. The highest BCUT2D eigenvalue weighted by atomic mass is 32.2. The van der Waals surface area contributed by atoms with Crippen LogP contribution in [-0.4, -0.2) is 46.7 Å². The summed E-state index contributed by atoms with van der Waals surface area (Å²) in [5.41, 5.74) is 2.34. The van der Waals surface area contributed by atoms with Gasteiger partial charge in [0.2, 0.25) is 0 Å². The second-order valence-corrected chi connectivity index (χ2v) is 6.12. The predicted octanol–water partition coefficient (Wildman–Crippen LogP) is -0.411. The van der Waals surface area contributed by atoms with Crippen molar-refractivity contribution in [2.45, 2.75) is 25.5 Å². The van der Waals surface area contributed by atoms with E-state index >= 15 is 0 Å². The molecule has 0 spiro atoms. The number of methoxy groups -OCH3 is 1. The van der Waals surface area contributed by atoms with Crippen LogP contribution in [0.4, 0.5) is 0 Å². The molecule has 0 radical (unpaired) electrons. The maximum Gasteiger partial charge on any atom is 0.273 e. The average Bonchev–Trinajstić information content (AvgIpc) is 2.89.